The smallest absolute Gasteiger partial charge is 0.246 e. The number of amides is 1. The first-order valence-corrected chi connectivity index (χ1v) is 12.3. The van der Waals surface area contributed by atoms with Crippen molar-refractivity contribution in [2.45, 2.75) is 12.8 Å². The van der Waals surface area contributed by atoms with Crippen molar-refractivity contribution in [3.8, 4) is 0 Å². The van der Waals surface area contributed by atoms with E-state index in [-0.39, 0.29) is 5.91 Å². The zero-order valence-corrected chi connectivity index (χ0v) is 19.1. The molecule has 1 aromatic carbocycles. The molecule has 6 nitrogen and oxygen atoms in total. The van der Waals surface area contributed by atoms with Gasteiger partial charge in [0.25, 0.3) is 0 Å². The molecule has 1 unspecified atom stereocenters. The predicted molar refractivity (Wildman–Crippen MR) is 131 cm³/mol. The second kappa shape index (κ2) is 9.79. The molecule has 32 heavy (non-hydrogen) atoms. The van der Waals surface area contributed by atoms with Gasteiger partial charge in [-0.3, -0.25) is 9.69 Å². The Morgan fingerprint density at radius 1 is 1.06 bits per heavy atom. The Kier molecular flexibility index (Phi) is 6.46. The number of likely N-dealkylation sites (tertiary alicyclic amines) is 1. The van der Waals surface area contributed by atoms with Crippen LogP contribution in [0.15, 0.2) is 54.7 Å². The Bertz CT molecular complexity index is 1040. The summed E-state index contributed by atoms with van der Waals surface area (Å²) >= 11 is 1.62. The number of carbonyl (C=O) groups is 1. The molecule has 2 aliphatic heterocycles. The van der Waals surface area contributed by atoms with Crippen LogP contribution in [-0.2, 0) is 4.79 Å². The van der Waals surface area contributed by atoms with Gasteiger partial charge in [-0.05, 0) is 49.1 Å². The van der Waals surface area contributed by atoms with E-state index < -0.39 is 0 Å². The maximum atomic E-state index is 12.8. The third-order valence-electron chi connectivity index (χ3n) is 6.37. The molecular weight excluding hydrogens is 418 g/mol. The molecule has 0 aliphatic carbocycles. The highest BCUT2D eigenvalue weighted by Gasteiger charge is 2.26. The minimum atomic E-state index is 0.105. The fourth-order valence-corrected chi connectivity index (χ4v) is 5.56. The lowest BCUT2D eigenvalue weighted by Gasteiger charge is -2.39. The number of piperidine rings is 1. The van der Waals surface area contributed by atoms with Crippen LogP contribution in [0, 0.1) is 5.92 Å². The van der Waals surface area contributed by atoms with E-state index in [1.54, 1.807) is 17.4 Å². The first-order valence-electron chi connectivity index (χ1n) is 11.5. The molecule has 0 saturated carbocycles. The molecule has 5 rings (SSSR count). The van der Waals surface area contributed by atoms with Crippen molar-refractivity contribution in [3.63, 3.8) is 0 Å². The van der Waals surface area contributed by atoms with Crippen molar-refractivity contribution in [1.82, 2.24) is 19.8 Å². The summed E-state index contributed by atoms with van der Waals surface area (Å²) in [4.78, 5) is 28.8. The number of benzene rings is 1. The molecule has 2 fully saturated rings. The van der Waals surface area contributed by atoms with Crippen molar-refractivity contribution < 1.29 is 4.79 Å². The van der Waals surface area contributed by atoms with Crippen LogP contribution >= 0.6 is 11.3 Å². The van der Waals surface area contributed by atoms with Crippen LogP contribution < -0.4 is 4.90 Å². The van der Waals surface area contributed by atoms with Crippen LogP contribution in [0.4, 0.5) is 5.82 Å². The largest absolute Gasteiger partial charge is 0.354 e. The average molecular weight is 448 g/mol. The van der Waals surface area contributed by atoms with Crippen LogP contribution in [0.2, 0.25) is 0 Å². The highest BCUT2D eigenvalue weighted by molar-refractivity contribution is 7.19. The molecule has 0 bridgehead atoms. The average Bonchev–Trinajstić information content (AvgIpc) is 3.27. The van der Waals surface area contributed by atoms with Crippen molar-refractivity contribution in [2.75, 3.05) is 50.7 Å². The highest BCUT2D eigenvalue weighted by Crippen LogP contribution is 2.23. The van der Waals surface area contributed by atoms with Crippen LogP contribution in [0.25, 0.3) is 16.3 Å². The lowest BCUT2D eigenvalue weighted by Crippen LogP contribution is -2.50. The molecule has 166 valence electrons. The maximum absolute atomic E-state index is 12.8. The van der Waals surface area contributed by atoms with Gasteiger partial charge in [-0.25, -0.2) is 9.97 Å². The van der Waals surface area contributed by atoms with Crippen LogP contribution in [0.1, 0.15) is 17.8 Å². The van der Waals surface area contributed by atoms with E-state index in [0.717, 1.165) is 73.3 Å². The standard InChI is InChI=1S/C25H29N5OS/c31-25(11-10-24-27-21-7-1-2-8-22(21)32-24)30-13-5-6-20(19-30)18-28-14-16-29(17-15-28)23-9-3-4-12-26-23/h1-4,7-12,20H,5-6,13-19H2/b11-10+. The number of pyridine rings is 1. The van der Waals surface area contributed by atoms with Crippen molar-refractivity contribution in [1.29, 1.82) is 0 Å². The van der Waals surface area contributed by atoms with Gasteiger partial charge in [0, 0.05) is 58.1 Å². The zero-order valence-electron chi connectivity index (χ0n) is 18.3. The number of nitrogens with zero attached hydrogens (tertiary/aromatic N) is 5. The van der Waals surface area contributed by atoms with Gasteiger partial charge in [0.15, 0.2) is 0 Å². The molecule has 2 aliphatic rings. The number of thiazole rings is 1. The molecule has 2 aromatic heterocycles. The van der Waals surface area contributed by atoms with E-state index in [4.69, 9.17) is 0 Å². The van der Waals surface area contributed by atoms with Gasteiger partial charge in [0.05, 0.1) is 10.2 Å². The lowest BCUT2D eigenvalue weighted by molar-refractivity contribution is -0.127. The summed E-state index contributed by atoms with van der Waals surface area (Å²) in [6.07, 6.45) is 7.71. The minimum Gasteiger partial charge on any atom is -0.354 e. The lowest BCUT2D eigenvalue weighted by atomic mass is 9.97. The van der Waals surface area contributed by atoms with E-state index >= 15 is 0 Å². The normalized spacial score (nSPS) is 20.3. The molecule has 0 N–H and O–H groups in total. The molecule has 0 spiro atoms. The van der Waals surface area contributed by atoms with Crippen molar-refractivity contribution in [3.05, 3.63) is 59.7 Å². The first kappa shape index (κ1) is 21.1. The van der Waals surface area contributed by atoms with Gasteiger partial charge >= 0.3 is 0 Å². The monoisotopic (exact) mass is 447 g/mol. The molecule has 1 atom stereocenters. The molecule has 3 aromatic rings. The van der Waals surface area contributed by atoms with Crippen molar-refractivity contribution >= 4 is 39.4 Å². The minimum absolute atomic E-state index is 0.105. The number of para-hydroxylation sites is 1. The summed E-state index contributed by atoms with van der Waals surface area (Å²) < 4.78 is 1.15. The number of rotatable bonds is 5. The van der Waals surface area contributed by atoms with Crippen LogP contribution in [0.5, 0.6) is 0 Å². The Hall–Kier alpha value is -2.77. The zero-order chi connectivity index (χ0) is 21.8. The SMILES string of the molecule is O=C(/C=C/c1nc2ccccc2s1)N1CCCC(CN2CCN(c3ccccn3)CC2)C1. The summed E-state index contributed by atoms with van der Waals surface area (Å²) in [6, 6.07) is 14.2. The molecule has 0 radical (unpaired) electrons. The van der Waals surface area contributed by atoms with E-state index in [1.807, 2.05) is 47.5 Å². The summed E-state index contributed by atoms with van der Waals surface area (Å²) in [7, 11) is 0. The predicted octanol–water partition coefficient (Wildman–Crippen LogP) is 3.77. The number of fused-ring (bicyclic) bond motifs is 1. The number of carbonyl (C=O) groups excluding carboxylic acids is 1. The highest BCUT2D eigenvalue weighted by atomic mass is 32.1. The van der Waals surface area contributed by atoms with E-state index in [9.17, 15) is 4.79 Å². The van der Waals surface area contributed by atoms with Gasteiger partial charge in [0.2, 0.25) is 5.91 Å². The number of piperazine rings is 1. The Balaban J connectivity index is 1.12. The first-order chi connectivity index (χ1) is 15.7. The second-order valence-electron chi connectivity index (χ2n) is 8.62. The van der Waals surface area contributed by atoms with Crippen LogP contribution in [-0.4, -0.2) is 71.5 Å². The third kappa shape index (κ3) is 5.00. The van der Waals surface area contributed by atoms with E-state index in [0.29, 0.717) is 5.92 Å². The number of anilines is 1. The molecular formula is C25H29N5OS. The van der Waals surface area contributed by atoms with Gasteiger partial charge in [-0.15, -0.1) is 11.3 Å². The molecule has 4 heterocycles. The van der Waals surface area contributed by atoms with E-state index in [1.165, 1.54) is 6.42 Å². The van der Waals surface area contributed by atoms with Gasteiger partial charge in [-0.2, -0.15) is 0 Å². The second-order valence-corrected chi connectivity index (χ2v) is 9.68. The van der Waals surface area contributed by atoms with E-state index in [2.05, 4.69) is 31.9 Å². The summed E-state index contributed by atoms with van der Waals surface area (Å²) in [5.74, 6) is 1.72. The van der Waals surface area contributed by atoms with Crippen molar-refractivity contribution in [2.24, 2.45) is 5.92 Å². The fraction of sp³-hybridized carbons (Fsp3) is 0.400. The summed E-state index contributed by atoms with van der Waals surface area (Å²) in [5, 5.41) is 0.888. The fourth-order valence-electron chi connectivity index (χ4n) is 4.69. The van der Waals surface area contributed by atoms with Gasteiger partial charge < -0.3 is 9.80 Å². The number of aromatic nitrogens is 2. The van der Waals surface area contributed by atoms with Crippen LogP contribution in [0.3, 0.4) is 0 Å². The maximum Gasteiger partial charge on any atom is 0.246 e. The summed E-state index contributed by atoms with van der Waals surface area (Å²) in [5.41, 5.74) is 0.991. The topological polar surface area (TPSA) is 52.6 Å². The molecule has 1 amide bonds. The summed E-state index contributed by atoms with van der Waals surface area (Å²) in [6.45, 7) is 6.91. The van der Waals surface area contributed by atoms with Gasteiger partial charge in [-0.1, -0.05) is 18.2 Å². The number of hydrogen-bond acceptors (Lipinski definition) is 6. The Morgan fingerprint density at radius 2 is 1.91 bits per heavy atom. The Labute approximate surface area is 193 Å². The number of hydrogen-bond donors (Lipinski definition) is 0. The third-order valence-corrected chi connectivity index (χ3v) is 7.37. The Morgan fingerprint density at radius 3 is 2.72 bits per heavy atom. The van der Waals surface area contributed by atoms with Gasteiger partial charge in [0.1, 0.15) is 10.8 Å². The quantitative estimate of drug-likeness (QED) is 0.558. The molecule has 7 heteroatoms. The molecule has 2 saturated heterocycles.